The van der Waals surface area contributed by atoms with Crippen molar-refractivity contribution in [3.05, 3.63) is 52.0 Å². The van der Waals surface area contributed by atoms with Gasteiger partial charge in [0, 0.05) is 24.8 Å². The highest BCUT2D eigenvalue weighted by molar-refractivity contribution is 6.32. The maximum Gasteiger partial charge on any atom is 0.259 e. The first-order valence-electron chi connectivity index (χ1n) is 7.55. The molecule has 1 aliphatic rings. The molecule has 3 rings (SSSR count). The minimum absolute atomic E-state index is 0.264. The Morgan fingerprint density at radius 2 is 1.92 bits per heavy atom. The first-order valence-corrected chi connectivity index (χ1v) is 7.93. The second-order valence-corrected chi connectivity index (χ2v) is 6.16. The van der Waals surface area contributed by atoms with Crippen LogP contribution in [0.25, 0.3) is 0 Å². The second kappa shape index (κ2) is 6.71. The molecule has 1 amide bonds. The van der Waals surface area contributed by atoms with E-state index in [1.54, 1.807) is 12.1 Å². The monoisotopic (exact) mass is 346 g/mol. The Kier molecular flexibility index (Phi) is 4.64. The SMILES string of the molecule is COc1cc(OC)c(C(=O)Nc2cccc3c2CN(C)C3)cc1Cl. The molecule has 1 aliphatic heterocycles. The first-order chi connectivity index (χ1) is 11.5. The Bertz CT molecular complexity index is 792. The van der Waals surface area contributed by atoms with Crippen molar-refractivity contribution < 1.29 is 14.3 Å². The fourth-order valence-corrected chi connectivity index (χ4v) is 3.17. The first kappa shape index (κ1) is 16.6. The van der Waals surface area contributed by atoms with Crippen molar-refractivity contribution in [2.45, 2.75) is 13.1 Å². The van der Waals surface area contributed by atoms with Crippen molar-refractivity contribution in [1.82, 2.24) is 4.90 Å². The molecule has 2 aromatic rings. The van der Waals surface area contributed by atoms with Gasteiger partial charge in [0.1, 0.15) is 11.5 Å². The van der Waals surface area contributed by atoms with Crippen LogP contribution < -0.4 is 14.8 Å². The van der Waals surface area contributed by atoms with Crippen LogP contribution in [0.15, 0.2) is 30.3 Å². The van der Waals surface area contributed by atoms with Crippen molar-refractivity contribution in [2.24, 2.45) is 0 Å². The van der Waals surface area contributed by atoms with E-state index in [2.05, 4.69) is 23.3 Å². The number of nitrogens with zero attached hydrogens (tertiary/aromatic N) is 1. The number of halogens is 1. The van der Waals surface area contributed by atoms with Gasteiger partial charge in [0.25, 0.3) is 5.91 Å². The molecular weight excluding hydrogens is 328 g/mol. The summed E-state index contributed by atoms with van der Waals surface area (Å²) in [5.74, 6) is 0.616. The lowest BCUT2D eigenvalue weighted by Gasteiger charge is -2.14. The quantitative estimate of drug-likeness (QED) is 0.919. The average Bonchev–Trinajstić information content (AvgIpc) is 2.96. The largest absolute Gasteiger partial charge is 0.496 e. The number of carbonyl (C=O) groups excluding carboxylic acids is 1. The molecule has 126 valence electrons. The molecule has 0 saturated heterocycles. The molecule has 0 aliphatic carbocycles. The van der Waals surface area contributed by atoms with Crippen LogP contribution in [0.3, 0.4) is 0 Å². The Morgan fingerprint density at radius 1 is 1.17 bits per heavy atom. The van der Waals surface area contributed by atoms with Crippen molar-refractivity contribution in [2.75, 3.05) is 26.6 Å². The number of fused-ring (bicyclic) bond motifs is 1. The van der Waals surface area contributed by atoms with E-state index in [9.17, 15) is 4.79 Å². The fourth-order valence-electron chi connectivity index (χ4n) is 2.93. The Morgan fingerprint density at radius 3 is 2.62 bits per heavy atom. The smallest absolute Gasteiger partial charge is 0.259 e. The molecule has 0 radical (unpaired) electrons. The lowest BCUT2D eigenvalue weighted by molar-refractivity contribution is 0.102. The zero-order valence-electron chi connectivity index (χ0n) is 13.9. The summed E-state index contributed by atoms with van der Waals surface area (Å²) < 4.78 is 10.5. The van der Waals surface area contributed by atoms with Crippen LogP contribution >= 0.6 is 11.6 Å². The third-order valence-corrected chi connectivity index (χ3v) is 4.40. The van der Waals surface area contributed by atoms with Gasteiger partial charge in [-0.1, -0.05) is 23.7 Å². The van der Waals surface area contributed by atoms with Gasteiger partial charge in [-0.2, -0.15) is 0 Å². The summed E-state index contributed by atoms with van der Waals surface area (Å²) in [6.07, 6.45) is 0. The third-order valence-electron chi connectivity index (χ3n) is 4.11. The highest BCUT2D eigenvalue weighted by atomic mass is 35.5. The van der Waals surface area contributed by atoms with Crippen LogP contribution in [0.4, 0.5) is 5.69 Å². The number of hydrogen-bond acceptors (Lipinski definition) is 4. The van der Waals surface area contributed by atoms with Crippen LogP contribution in [-0.4, -0.2) is 32.1 Å². The van der Waals surface area contributed by atoms with Gasteiger partial charge in [-0.15, -0.1) is 0 Å². The summed E-state index contributed by atoms with van der Waals surface area (Å²) in [5, 5.41) is 3.34. The molecule has 0 spiro atoms. The summed E-state index contributed by atoms with van der Waals surface area (Å²) in [6, 6.07) is 9.11. The predicted molar refractivity (Wildman–Crippen MR) is 94.1 cm³/mol. The number of benzene rings is 2. The van der Waals surface area contributed by atoms with E-state index in [1.807, 2.05) is 12.1 Å². The Labute approximate surface area is 146 Å². The van der Waals surface area contributed by atoms with Gasteiger partial charge in [-0.3, -0.25) is 9.69 Å². The summed E-state index contributed by atoms with van der Waals surface area (Å²) in [7, 11) is 5.08. The van der Waals surface area contributed by atoms with Gasteiger partial charge < -0.3 is 14.8 Å². The van der Waals surface area contributed by atoms with Crippen molar-refractivity contribution in [3.63, 3.8) is 0 Å². The summed E-state index contributed by atoms with van der Waals surface area (Å²) in [4.78, 5) is 14.9. The minimum Gasteiger partial charge on any atom is -0.496 e. The van der Waals surface area contributed by atoms with E-state index in [1.165, 1.54) is 19.8 Å². The Balaban J connectivity index is 1.92. The molecule has 0 atom stereocenters. The highest BCUT2D eigenvalue weighted by Crippen LogP contribution is 2.34. The molecule has 0 bridgehead atoms. The van der Waals surface area contributed by atoms with E-state index in [4.69, 9.17) is 21.1 Å². The van der Waals surface area contributed by atoms with Crippen LogP contribution in [-0.2, 0) is 13.1 Å². The summed E-state index contributed by atoms with van der Waals surface area (Å²) >= 11 is 6.15. The molecule has 0 aromatic heterocycles. The lowest BCUT2D eigenvalue weighted by Crippen LogP contribution is -2.15. The standard InChI is InChI=1S/C18H19ClN2O3/c1-21-9-11-5-4-6-15(13(11)10-21)20-18(22)12-7-14(19)17(24-3)8-16(12)23-2/h4-8H,9-10H2,1-3H3,(H,20,22). The molecule has 24 heavy (non-hydrogen) atoms. The number of nitrogens with one attached hydrogen (secondary N) is 1. The normalized spacial score (nSPS) is 13.5. The number of ether oxygens (including phenoxy) is 2. The zero-order chi connectivity index (χ0) is 17.3. The van der Waals surface area contributed by atoms with Crippen LogP contribution in [0.5, 0.6) is 11.5 Å². The van der Waals surface area contributed by atoms with Gasteiger partial charge in [-0.05, 0) is 30.3 Å². The van der Waals surface area contributed by atoms with Crippen molar-refractivity contribution in [1.29, 1.82) is 0 Å². The second-order valence-electron chi connectivity index (χ2n) is 5.76. The topological polar surface area (TPSA) is 50.8 Å². The van der Waals surface area contributed by atoms with Gasteiger partial charge in [-0.25, -0.2) is 0 Å². The van der Waals surface area contributed by atoms with E-state index in [0.29, 0.717) is 22.1 Å². The molecule has 0 unspecified atom stereocenters. The van der Waals surface area contributed by atoms with Crippen LogP contribution in [0.2, 0.25) is 5.02 Å². The maximum atomic E-state index is 12.7. The molecule has 0 saturated carbocycles. The van der Waals surface area contributed by atoms with E-state index >= 15 is 0 Å². The van der Waals surface area contributed by atoms with Crippen LogP contribution in [0.1, 0.15) is 21.5 Å². The third kappa shape index (κ3) is 3.05. The van der Waals surface area contributed by atoms with Crippen molar-refractivity contribution >= 4 is 23.2 Å². The number of methoxy groups -OCH3 is 2. The van der Waals surface area contributed by atoms with Gasteiger partial charge in [0.2, 0.25) is 0 Å². The van der Waals surface area contributed by atoms with E-state index in [-0.39, 0.29) is 5.91 Å². The molecule has 1 heterocycles. The summed E-state index contributed by atoms with van der Waals surface area (Å²) in [6.45, 7) is 1.70. The van der Waals surface area contributed by atoms with Gasteiger partial charge >= 0.3 is 0 Å². The Hall–Kier alpha value is -2.24. The van der Waals surface area contributed by atoms with Gasteiger partial charge in [0.15, 0.2) is 0 Å². The fraction of sp³-hybridized carbons (Fsp3) is 0.278. The molecule has 6 heteroatoms. The molecule has 0 fully saturated rings. The molecule has 2 aromatic carbocycles. The molecular formula is C18H19ClN2O3. The molecule has 5 nitrogen and oxygen atoms in total. The van der Waals surface area contributed by atoms with E-state index < -0.39 is 0 Å². The maximum absolute atomic E-state index is 12.7. The number of rotatable bonds is 4. The molecule has 1 N–H and O–H groups in total. The van der Waals surface area contributed by atoms with Crippen LogP contribution in [0, 0.1) is 0 Å². The lowest BCUT2D eigenvalue weighted by atomic mass is 10.1. The predicted octanol–water partition coefficient (Wildman–Crippen LogP) is 3.55. The minimum atomic E-state index is -0.264. The zero-order valence-corrected chi connectivity index (χ0v) is 14.6. The average molecular weight is 347 g/mol. The summed E-state index contributed by atoms with van der Waals surface area (Å²) in [5.41, 5.74) is 3.56. The number of carbonyl (C=O) groups is 1. The van der Waals surface area contributed by atoms with Crippen molar-refractivity contribution in [3.8, 4) is 11.5 Å². The van der Waals surface area contributed by atoms with Gasteiger partial charge in [0.05, 0.1) is 24.8 Å². The number of hydrogen-bond donors (Lipinski definition) is 1. The van der Waals surface area contributed by atoms with E-state index in [0.717, 1.165) is 24.3 Å². The number of amides is 1. The number of anilines is 1. The highest BCUT2D eigenvalue weighted by Gasteiger charge is 2.21.